The smallest absolute Gasteiger partial charge is 0.404 e. The first kappa shape index (κ1) is 16.3. The van der Waals surface area contributed by atoms with Crippen molar-refractivity contribution >= 4 is 22.9 Å². The number of aromatic nitrogens is 1. The lowest BCUT2D eigenvalue weighted by molar-refractivity contribution is -0.274. The number of nitrogens with zero attached hydrogens (tertiary/aromatic N) is 1. The molecule has 2 rings (SSSR count). The third-order valence-electron chi connectivity index (χ3n) is 2.71. The number of hydrogen-bond donors (Lipinski definition) is 1. The molecule has 0 unspecified atom stereocenters. The van der Waals surface area contributed by atoms with E-state index in [0.717, 1.165) is 21.6 Å². The highest BCUT2D eigenvalue weighted by atomic mass is 32.1. The predicted octanol–water partition coefficient (Wildman–Crippen LogP) is 3.84. The molecule has 0 radical (unpaired) electrons. The van der Waals surface area contributed by atoms with Gasteiger partial charge in [0.15, 0.2) is 5.75 Å². The Kier molecular flexibility index (Phi) is 4.70. The molecule has 1 N–H and O–H groups in total. The van der Waals surface area contributed by atoms with Crippen LogP contribution in [0.5, 0.6) is 5.75 Å². The molecule has 0 bridgehead atoms. The van der Waals surface area contributed by atoms with Crippen molar-refractivity contribution in [1.29, 1.82) is 0 Å². The van der Waals surface area contributed by atoms with Crippen LogP contribution in [0.25, 0.3) is 0 Å². The standard InChI is InChI=1S/C14H13F3N2O2S/c1-8-12(22-9(2)18-8)7-13(20)19-10-5-3-4-6-11(10)21-14(15,16)17/h3-6H,7H2,1-2H3,(H,19,20). The number of hydrogen-bond acceptors (Lipinski definition) is 4. The zero-order valence-corrected chi connectivity index (χ0v) is 12.6. The van der Waals surface area contributed by atoms with Gasteiger partial charge in [0.05, 0.1) is 22.8 Å². The van der Waals surface area contributed by atoms with Gasteiger partial charge in [-0.25, -0.2) is 4.98 Å². The molecule has 0 spiro atoms. The van der Waals surface area contributed by atoms with E-state index in [1.807, 2.05) is 6.92 Å². The van der Waals surface area contributed by atoms with Crippen molar-refractivity contribution in [2.24, 2.45) is 0 Å². The average Bonchev–Trinajstić information content (AvgIpc) is 2.68. The first-order valence-electron chi connectivity index (χ1n) is 6.32. The number of nitrogens with one attached hydrogen (secondary N) is 1. The summed E-state index contributed by atoms with van der Waals surface area (Å²) >= 11 is 1.38. The van der Waals surface area contributed by atoms with Crippen LogP contribution in [0.15, 0.2) is 24.3 Å². The summed E-state index contributed by atoms with van der Waals surface area (Å²) in [5.41, 5.74) is 0.723. The number of amides is 1. The number of carbonyl (C=O) groups is 1. The Morgan fingerprint density at radius 1 is 1.32 bits per heavy atom. The molecular weight excluding hydrogens is 317 g/mol. The van der Waals surface area contributed by atoms with E-state index < -0.39 is 18.0 Å². The first-order valence-corrected chi connectivity index (χ1v) is 7.14. The highest BCUT2D eigenvalue weighted by Crippen LogP contribution is 2.30. The number of ether oxygens (including phenoxy) is 1. The summed E-state index contributed by atoms with van der Waals surface area (Å²) in [6.45, 7) is 3.61. The lowest BCUT2D eigenvalue weighted by atomic mass is 10.2. The van der Waals surface area contributed by atoms with Gasteiger partial charge in [0.2, 0.25) is 5.91 Å². The van der Waals surface area contributed by atoms with E-state index in [2.05, 4.69) is 15.0 Å². The van der Waals surface area contributed by atoms with E-state index in [-0.39, 0.29) is 12.1 Å². The van der Waals surface area contributed by atoms with Crippen molar-refractivity contribution in [1.82, 2.24) is 4.98 Å². The van der Waals surface area contributed by atoms with Gasteiger partial charge in [-0.1, -0.05) is 12.1 Å². The minimum Gasteiger partial charge on any atom is -0.404 e. The highest BCUT2D eigenvalue weighted by molar-refractivity contribution is 7.11. The molecule has 0 saturated heterocycles. The van der Waals surface area contributed by atoms with Crippen molar-refractivity contribution in [2.45, 2.75) is 26.6 Å². The number of para-hydroxylation sites is 2. The van der Waals surface area contributed by atoms with Crippen LogP contribution in [0.1, 0.15) is 15.6 Å². The summed E-state index contributed by atoms with van der Waals surface area (Å²) in [5.74, 6) is -0.870. The van der Waals surface area contributed by atoms with Crippen molar-refractivity contribution in [3.05, 3.63) is 39.8 Å². The maximum absolute atomic E-state index is 12.3. The number of alkyl halides is 3. The molecule has 1 heterocycles. The Morgan fingerprint density at radius 3 is 2.59 bits per heavy atom. The summed E-state index contributed by atoms with van der Waals surface area (Å²) in [5, 5.41) is 3.27. The molecule has 0 aliphatic carbocycles. The molecular formula is C14H13F3N2O2S. The number of anilines is 1. The molecule has 1 aromatic heterocycles. The zero-order chi connectivity index (χ0) is 16.3. The second-order valence-electron chi connectivity index (χ2n) is 4.51. The lowest BCUT2D eigenvalue weighted by Crippen LogP contribution is -2.20. The van der Waals surface area contributed by atoms with Crippen LogP contribution >= 0.6 is 11.3 Å². The fraction of sp³-hybridized carbons (Fsp3) is 0.286. The Bertz CT molecular complexity index is 683. The number of rotatable bonds is 4. The number of benzene rings is 1. The van der Waals surface area contributed by atoms with Crippen LogP contribution in [0.3, 0.4) is 0 Å². The molecule has 8 heteroatoms. The molecule has 1 amide bonds. The van der Waals surface area contributed by atoms with Gasteiger partial charge in [-0.15, -0.1) is 24.5 Å². The van der Waals surface area contributed by atoms with Crippen LogP contribution in [0, 0.1) is 13.8 Å². The average molecular weight is 330 g/mol. The highest BCUT2D eigenvalue weighted by Gasteiger charge is 2.32. The fourth-order valence-corrected chi connectivity index (χ4v) is 2.80. The number of aryl methyl sites for hydroxylation is 2. The molecule has 2 aromatic rings. The molecule has 0 aliphatic rings. The van der Waals surface area contributed by atoms with Gasteiger partial charge in [0.1, 0.15) is 0 Å². The summed E-state index contributed by atoms with van der Waals surface area (Å²) in [4.78, 5) is 17.0. The van der Waals surface area contributed by atoms with Crippen molar-refractivity contribution in [3.8, 4) is 5.75 Å². The van der Waals surface area contributed by atoms with Crippen LogP contribution < -0.4 is 10.1 Å². The quantitative estimate of drug-likeness (QED) is 0.927. The first-order chi connectivity index (χ1) is 10.2. The predicted molar refractivity (Wildman–Crippen MR) is 77.0 cm³/mol. The van der Waals surface area contributed by atoms with Crippen LogP contribution in [0.2, 0.25) is 0 Å². The minimum atomic E-state index is -4.81. The minimum absolute atomic E-state index is 0.0243. The van der Waals surface area contributed by atoms with E-state index >= 15 is 0 Å². The van der Waals surface area contributed by atoms with Crippen molar-refractivity contribution in [3.63, 3.8) is 0 Å². The molecule has 22 heavy (non-hydrogen) atoms. The topological polar surface area (TPSA) is 51.2 Å². The molecule has 1 aromatic carbocycles. The number of carbonyl (C=O) groups excluding carboxylic acids is 1. The molecule has 0 aliphatic heterocycles. The van der Waals surface area contributed by atoms with E-state index in [1.165, 1.54) is 29.5 Å². The van der Waals surface area contributed by atoms with Crippen LogP contribution in [0.4, 0.5) is 18.9 Å². The van der Waals surface area contributed by atoms with Gasteiger partial charge in [0, 0.05) is 4.88 Å². The van der Waals surface area contributed by atoms with E-state index in [9.17, 15) is 18.0 Å². The van der Waals surface area contributed by atoms with Crippen LogP contribution in [-0.2, 0) is 11.2 Å². The van der Waals surface area contributed by atoms with Crippen molar-refractivity contribution in [2.75, 3.05) is 5.32 Å². The third kappa shape index (κ3) is 4.45. The fourth-order valence-electron chi connectivity index (χ4n) is 1.86. The Morgan fingerprint density at radius 2 is 2.00 bits per heavy atom. The van der Waals surface area contributed by atoms with Crippen molar-refractivity contribution < 1.29 is 22.7 Å². The van der Waals surface area contributed by atoms with E-state index in [4.69, 9.17) is 0 Å². The monoisotopic (exact) mass is 330 g/mol. The maximum atomic E-state index is 12.3. The lowest BCUT2D eigenvalue weighted by Gasteiger charge is -2.13. The maximum Gasteiger partial charge on any atom is 0.573 e. The normalized spacial score (nSPS) is 11.3. The largest absolute Gasteiger partial charge is 0.573 e. The Labute approximate surface area is 128 Å². The molecule has 0 atom stereocenters. The molecule has 4 nitrogen and oxygen atoms in total. The van der Waals surface area contributed by atoms with E-state index in [1.54, 1.807) is 6.92 Å². The van der Waals surface area contributed by atoms with E-state index in [0.29, 0.717) is 0 Å². The van der Waals surface area contributed by atoms with Gasteiger partial charge in [-0.05, 0) is 26.0 Å². The third-order valence-corrected chi connectivity index (χ3v) is 3.78. The summed E-state index contributed by atoms with van der Waals surface area (Å²) < 4.78 is 40.8. The van der Waals surface area contributed by atoms with Gasteiger partial charge < -0.3 is 10.1 Å². The molecule has 118 valence electrons. The van der Waals surface area contributed by atoms with Gasteiger partial charge in [-0.2, -0.15) is 0 Å². The Hall–Kier alpha value is -2.09. The molecule has 0 fully saturated rings. The zero-order valence-electron chi connectivity index (χ0n) is 11.8. The second-order valence-corrected chi connectivity index (χ2v) is 5.80. The van der Waals surface area contributed by atoms with Crippen LogP contribution in [-0.4, -0.2) is 17.3 Å². The summed E-state index contributed by atoms with van der Waals surface area (Å²) in [6, 6.07) is 5.41. The second kappa shape index (κ2) is 6.35. The number of halogens is 3. The number of thiazole rings is 1. The van der Waals surface area contributed by atoms with Gasteiger partial charge in [0.25, 0.3) is 0 Å². The summed E-state index contributed by atoms with van der Waals surface area (Å²) in [6.07, 6.45) is -4.76. The summed E-state index contributed by atoms with van der Waals surface area (Å²) in [7, 11) is 0. The Balaban J connectivity index is 2.10. The van der Waals surface area contributed by atoms with Gasteiger partial charge >= 0.3 is 6.36 Å². The molecule has 0 saturated carbocycles. The van der Waals surface area contributed by atoms with Gasteiger partial charge in [-0.3, -0.25) is 4.79 Å². The SMILES string of the molecule is Cc1nc(C)c(CC(=O)Nc2ccccc2OC(F)(F)F)s1.